The first-order valence-corrected chi connectivity index (χ1v) is 11.7. The van der Waals surface area contributed by atoms with Crippen LogP contribution in [0, 0.1) is 11.6 Å². The summed E-state index contributed by atoms with van der Waals surface area (Å²) < 4.78 is 34.7. The fraction of sp³-hybridized carbons (Fsp3) is 0.286. The molecular weight excluding hydrogens is 440 g/mol. The van der Waals surface area contributed by atoms with Crippen LogP contribution in [-0.2, 0) is 17.0 Å². The maximum absolute atomic E-state index is 13.6. The van der Waals surface area contributed by atoms with Gasteiger partial charge in [-0.1, -0.05) is 17.8 Å². The Labute approximate surface area is 185 Å². The van der Waals surface area contributed by atoms with Gasteiger partial charge in [-0.3, -0.25) is 4.57 Å². The van der Waals surface area contributed by atoms with E-state index in [1.165, 1.54) is 29.2 Å². The molecular formula is C21H19F2N5OS2. The Balaban J connectivity index is 1.49. The van der Waals surface area contributed by atoms with Crippen LogP contribution in [0.15, 0.2) is 41.7 Å². The molecule has 1 aliphatic heterocycles. The number of nitrogen functional groups attached to an aromatic ring is 1. The van der Waals surface area contributed by atoms with Gasteiger partial charge in [0.25, 0.3) is 0 Å². The van der Waals surface area contributed by atoms with Crippen molar-refractivity contribution in [3.8, 4) is 10.7 Å². The second-order valence-electron chi connectivity index (χ2n) is 7.29. The van der Waals surface area contributed by atoms with Crippen molar-refractivity contribution in [2.75, 3.05) is 12.3 Å². The number of thiophene rings is 1. The summed E-state index contributed by atoms with van der Waals surface area (Å²) in [5, 5.41) is 10.4. The molecule has 4 aromatic rings. The molecule has 10 heteroatoms. The second-order valence-corrected chi connectivity index (χ2v) is 9.23. The van der Waals surface area contributed by atoms with Crippen LogP contribution in [0.3, 0.4) is 0 Å². The van der Waals surface area contributed by atoms with Crippen LogP contribution in [0.4, 0.5) is 14.5 Å². The highest BCUT2D eigenvalue weighted by Gasteiger charge is 2.24. The van der Waals surface area contributed by atoms with E-state index in [0.717, 1.165) is 40.6 Å². The Bertz CT molecular complexity index is 1240. The number of hydrogen-bond acceptors (Lipinski definition) is 7. The fourth-order valence-electron chi connectivity index (χ4n) is 3.61. The number of halogens is 2. The average molecular weight is 460 g/mol. The number of nitrogens with two attached hydrogens (primary N) is 1. The minimum atomic E-state index is -0.856. The molecule has 0 bridgehead atoms. The summed E-state index contributed by atoms with van der Waals surface area (Å²) >= 11 is 2.90. The smallest absolute Gasteiger partial charge is 0.191 e. The average Bonchev–Trinajstić information content (AvgIpc) is 3.50. The minimum absolute atomic E-state index is 0.0751. The molecule has 0 saturated carbocycles. The van der Waals surface area contributed by atoms with E-state index in [4.69, 9.17) is 10.5 Å². The van der Waals surface area contributed by atoms with Crippen molar-refractivity contribution >= 4 is 39.0 Å². The summed E-state index contributed by atoms with van der Waals surface area (Å²) in [6.07, 6.45) is 3.80. The zero-order valence-corrected chi connectivity index (χ0v) is 18.1. The van der Waals surface area contributed by atoms with Gasteiger partial charge in [0.1, 0.15) is 4.83 Å². The topological polar surface area (TPSA) is 78.8 Å². The van der Waals surface area contributed by atoms with Gasteiger partial charge in [0.05, 0.1) is 23.2 Å². The predicted molar refractivity (Wildman–Crippen MR) is 118 cm³/mol. The molecule has 3 aromatic heterocycles. The van der Waals surface area contributed by atoms with Crippen molar-refractivity contribution < 1.29 is 13.5 Å². The Hall–Kier alpha value is -2.56. The predicted octanol–water partition coefficient (Wildman–Crippen LogP) is 4.89. The molecule has 1 aliphatic rings. The molecule has 0 amide bonds. The Morgan fingerprint density at radius 3 is 2.90 bits per heavy atom. The molecule has 0 spiro atoms. The molecule has 1 saturated heterocycles. The van der Waals surface area contributed by atoms with E-state index in [2.05, 4.69) is 15.2 Å². The van der Waals surface area contributed by atoms with Crippen LogP contribution in [0.2, 0.25) is 0 Å². The molecule has 5 rings (SSSR count). The van der Waals surface area contributed by atoms with Gasteiger partial charge in [0.2, 0.25) is 0 Å². The quantitative estimate of drug-likeness (QED) is 0.414. The molecule has 1 aromatic carbocycles. The highest BCUT2D eigenvalue weighted by Crippen LogP contribution is 2.40. The molecule has 0 radical (unpaired) electrons. The van der Waals surface area contributed by atoms with Crippen molar-refractivity contribution in [3.63, 3.8) is 0 Å². The number of ether oxygens (including phenoxy) is 1. The van der Waals surface area contributed by atoms with Gasteiger partial charge >= 0.3 is 0 Å². The van der Waals surface area contributed by atoms with Crippen LogP contribution in [0.5, 0.6) is 0 Å². The lowest BCUT2D eigenvalue weighted by Crippen LogP contribution is -2.16. The number of thioether (sulfide) groups is 1. The normalized spacial score (nSPS) is 16.4. The van der Waals surface area contributed by atoms with Gasteiger partial charge in [-0.2, -0.15) is 0 Å². The van der Waals surface area contributed by atoms with Crippen LogP contribution >= 0.6 is 23.1 Å². The molecule has 0 aliphatic carbocycles. The van der Waals surface area contributed by atoms with Crippen LogP contribution in [0.1, 0.15) is 18.4 Å². The number of anilines is 1. The number of rotatable bonds is 6. The third-order valence-corrected chi connectivity index (χ3v) is 7.35. The molecule has 6 nitrogen and oxygen atoms in total. The Kier molecular flexibility index (Phi) is 5.59. The van der Waals surface area contributed by atoms with E-state index in [9.17, 15) is 8.78 Å². The van der Waals surface area contributed by atoms with E-state index < -0.39 is 11.6 Å². The Morgan fingerprint density at radius 1 is 1.23 bits per heavy atom. The number of pyridine rings is 1. The standard InChI is InChI=1S/C21H19F2N5OS2/c22-15-6-5-12(9-16(15)23)11-30-21-27-26-19(28(21)10-13-3-2-8-29-13)18-17(24)14-4-1-7-25-20(14)31-18/h1,4-7,9,13H,2-3,8,10-11,24H2. The van der Waals surface area contributed by atoms with E-state index in [1.54, 1.807) is 12.3 Å². The summed E-state index contributed by atoms with van der Waals surface area (Å²) in [5.74, 6) is -0.606. The number of fused-ring (bicyclic) bond motifs is 1. The first-order valence-electron chi connectivity index (χ1n) is 9.85. The first-order chi connectivity index (χ1) is 15.1. The summed E-state index contributed by atoms with van der Waals surface area (Å²) in [5.41, 5.74) is 7.73. The number of benzene rings is 1. The summed E-state index contributed by atoms with van der Waals surface area (Å²) in [4.78, 5) is 6.07. The van der Waals surface area contributed by atoms with Crippen molar-refractivity contribution in [3.05, 3.63) is 53.7 Å². The highest BCUT2D eigenvalue weighted by atomic mass is 32.2. The van der Waals surface area contributed by atoms with Crippen molar-refractivity contribution in [1.29, 1.82) is 0 Å². The zero-order chi connectivity index (χ0) is 21.4. The molecule has 1 unspecified atom stereocenters. The largest absolute Gasteiger partial charge is 0.397 e. The van der Waals surface area contributed by atoms with Gasteiger partial charge < -0.3 is 10.5 Å². The van der Waals surface area contributed by atoms with Crippen LogP contribution in [0.25, 0.3) is 20.9 Å². The number of nitrogens with zero attached hydrogens (tertiary/aromatic N) is 4. The lowest BCUT2D eigenvalue weighted by Gasteiger charge is -2.14. The number of hydrogen-bond donors (Lipinski definition) is 1. The van der Waals surface area contributed by atoms with E-state index in [0.29, 0.717) is 34.5 Å². The number of aromatic nitrogens is 4. The van der Waals surface area contributed by atoms with E-state index in [1.807, 2.05) is 16.7 Å². The van der Waals surface area contributed by atoms with Gasteiger partial charge in [0, 0.05) is 23.9 Å². The Morgan fingerprint density at radius 2 is 2.13 bits per heavy atom. The molecule has 1 fully saturated rings. The molecule has 1 atom stereocenters. The second kappa shape index (κ2) is 8.52. The summed E-state index contributed by atoms with van der Waals surface area (Å²) in [7, 11) is 0. The molecule has 4 heterocycles. The zero-order valence-electron chi connectivity index (χ0n) is 16.4. The molecule has 2 N–H and O–H groups in total. The minimum Gasteiger partial charge on any atom is -0.397 e. The SMILES string of the molecule is Nc1c(-c2nnc(SCc3ccc(F)c(F)c3)n2CC2CCCO2)sc2ncccc12. The van der Waals surface area contributed by atoms with Crippen molar-refractivity contribution in [2.45, 2.75) is 36.4 Å². The highest BCUT2D eigenvalue weighted by molar-refractivity contribution is 7.98. The molecule has 160 valence electrons. The van der Waals surface area contributed by atoms with Crippen LogP contribution in [-0.4, -0.2) is 32.5 Å². The maximum atomic E-state index is 13.6. The van der Waals surface area contributed by atoms with E-state index >= 15 is 0 Å². The lowest BCUT2D eigenvalue weighted by molar-refractivity contribution is 0.0953. The van der Waals surface area contributed by atoms with Gasteiger partial charge in [-0.15, -0.1) is 21.5 Å². The maximum Gasteiger partial charge on any atom is 0.191 e. The fourth-order valence-corrected chi connectivity index (χ4v) is 5.56. The van der Waals surface area contributed by atoms with Gasteiger partial charge in [-0.05, 0) is 42.7 Å². The van der Waals surface area contributed by atoms with Gasteiger partial charge in [-0.25, -0.2) is 13.8 Å². The first kappa shape index (κ1) is 20.3. The van der Waals surface area contributed by atoms with Crippen LogP contribution < -0.4 is 5.73 Å². The van der Waals surface area contributed by atoms with Crippen molar-refractivity contribution in [1.82, 2.24) is 19.7 Å². The van der Waals surface area contributed by atoms with E-state index in [-0.39, 0.29) is 6.10 Å². The third kappa shape index (κ3) is 4.02. The molecule has 31 heavy (non-hydrogen) atoms. The van der Waals surface area contributed by atoms with Crippen molar-refractivity contribution in [2.24, 2.45) is 0 Å². The summed E-state index contributed by atoms with van der Waals surface area (Å²) in [6, 6.07) is 7.72. The monoisotopic (exact) mass is 459 g/mol. The van der Waals surface area contributed by atoms with Gasteiger partial charge in [0.15, 0.2) is 22.6 Å². The summed E-state index contributed by atoms with van der Waals surface area (Å²) in [6.45, 7) is 1.35. The lowest BCUT2D eigenvalue weighted by atomic mass is 10.2. The third-order valence-electron chi connectivity index (χ3n) is 5.19.